The Balaban J connectivity index is 2.27. The average Bonchev–Trinajstić information content (AvgIpc) is 2.53. The van der Waals surface area contributed by atoms with Gasteiger partial charge in [-0.25, -0.2) is 10.2 Å². The Bertz CT molecular complexity index is 710. The van der Waals surface area contributed by atoms with E-state index in [0.717, 1.165) is 0 Å². The first-order valence-corrected chi connectivity index (χ1v) is 7.97. The van der Waals surface area contributed by atoms with E-state index < -0.39 is 5.91 Å². The summed E-state index contributed by atoms with van der Waals surface area (Å²) in [5.41, 5.74) is 3.16. The molecule has 0 aliphatic heterocycles. The highest BCUT2D eigenvalue weighted by molar-refractivity contribution is 14.1. The second kappa shape index (κ2) is 8.11. The number of amides is 1. The average molecular weight is 430 g/mol. The van der Waals surface area contributed by atoms with Gasteiger partial charge in [0.2, 0.25) is 0 Å². The molecule has 0 saturated carbocycles. The lowest BCUT2D eigenvalue weighted by molar-refractivity contribution is 0.0953. The molecular weight excluding hydrogens is 414 g/mol. The zero-order chi connectivity index (χ0) is 16.8. The molecule has 0 spiro atoms. The van der Waals surface area contributed by atoms with Gasteiger partial charge in [0.05, 0.1) is 10.2 Å². The van der Waals surface area contributed by atoms with Crippen molar-refractivity contribution in [2.75, 3.05) is 6.61 Å². The summed E-state index contributed by atoms with van der Waals surface area (Å²) >= 11 is 2.05. The Labute approximate surface area is 147 Å². The Morgan fingerprint density at radius 3 is 2.74 bits per heavy atom. The fraction of sp³-hybridized carbons (Fsp3) is 0.188. The fourth-order valence-electron chi connectivity index (χ4n) is 1.97. The number of halogens is 2. The van der Waals surface area contributed by atoms with Gasteiger partial charge in [0.1, 0.15) is 12.4 Å². The van der Waals surface area contributed by atoms with Crippen LogP contribution < -0.4 is 20.7 Å². The number of hydrogen-bond donors (Lipinski definition) is 2. The van der Waals surface area contributed by atoms with Crippen LogP contribution in [0.5, 0.6) is 11.5 Å². The predicted octanol–water partition coefficient (Wildman–Crippen LogP) is 3.01. The lowest BCUT2D eigenvalue weighted by Crippen LogP contribution is -2.30. The summed E-state index contributed by atoms with van der Waals surface area (Å²) in [5.74, 6) is 5.36. The van der Waals surface area contributed by atoms with E-state index in [4.69, 9.17) is 15.3 Å². The minimum absolute atomic E-state index is 0.191. The van der Waals surface area contributed by atoms with Crippen molar-refractivity contribution in [1.82, 2.24) is 5.43 Å². The van der Waals surface area contributed by atoms with Crippen LogP contribution in [0.4, 0.5) is 4.39 Å². The maximum atomic E-state index is 13.2. The minimum Gasteiger partial charge on any atom is -0.490 e. The molecule has 0 aliphatic rings. The molecule has 122 valence electrons. The largest absolute Gasteiger partial charge is 0.490 e. The molecule has 0 bridgehead atoms. The van der Waals surface area contributed by atoms with Crippen molar-refractivity contribution >= 4 is 28.5 Å². The first-order chi connectivity index (χ1) is 11.0. The molecule has 0 fully saturated rings. The van der Waals surface area contributed by atoms with Gasteiger partial charge in [0.15, 0.2) is 11.5 Å². The number of carbonyl (C=O) groups excluding carboxylic acids is 1. The van der Waals surface area contributed by atoms with Gasteiger partial charge in [-0.15, -0.1) is 0 Å². The summed E-state index contributed by atoms with van der Waals surface area (Å²) in [5, 5.41) is 0. The molecule has 0 radical (unpaired) electrons. The number of nitrogen functional groups attached to an aromatic ring is 1. The third-order valence-corrected chi connectivity index (χ3v) is 3.78. The highest BCUT2D eigenvalue weighted by atomic mass is 127. The summed E-state index contributed by atoms with van der Waals surface area (Å²) in [6.45, 7) is 2.44. The molecule has 0 atom stereocenters. The van der Waals surface area contributed by atoms with Crippen molar-refractivity contribution in [3.8, 4) is 11.5 Å². The van der Waals surface area contributed by atoms with Crippen LogP contribution in [0.2, 0.25) is 0 Å². The van der Waals surface area contributed by atoms with E-state index in [1.165, 1.54) is 12.1 Å². The summed E-state index contributed by atoms with van der Waals surface area (Å²) in [7, 11) is 0. The van der Waals surface area contributed by atoms with Gasteiger partial charge in [-0.3, -0.25) is 10.2 Å². The van der Waals surface area contributed by atoms with Crippen LogP contribution in [0.1, 0.15) is 22.8 Å². The van der Waals surface area contributed by atoms with Crippen molar-refractivity contribution in [3.63, 3.8) is 0 Å². The van der Waals surface area contributed by atoms with Crippen molar-refractivity contribution in [1.29, 1.82) is 0 Å². The van der Waals surface area contributed by atoms with E-state index in [-0.39, 0.29) is 12.4 Å². The number of hydrazine groups is 1. The number of benzene rings is 2. The van der Waals surface area contributed by atoms with Crippen LogP contribution in [-0.4, -0.2) is 12.5 Å². The van der Waals surface area contributed by atoms with Gasteiger partial charge in [0.25, 0.3) is 5.91 Å². The minimum atomic E-state index is -0.416. The molecule has 0 heterocycles. The first kappa shape index (κ1) is 17.5. The Morgan fingerprint density at radius 1 is 1.30 bits per heavy atom. The van der Waals surface area contributed by atoms with E-state index in [1.54, 1.807) is 24.3 Å². The molecule has 0 aliphatic carbocycles. The summed E-state index contributed by atoms with van der Waals surface area (Å²) in [6.07, 6.45) is 0. The fourth-order valence-corrected chi connectivity index (χ4v) is 2.72. The van der Waals surface area contributed by atoms with Crippen LogP contribution in [-0.2, 0) is 6.61 Å². The number of rotatable bonds is 6. The molecule has 0 unspecified atom stereocenters. The monoisotopic (exact) mass is 430 g/mol. The van der Waals surface area contributed by atoms with Crippen LogP contribution in [0.15, 0.2) is 36.4 Å². The van der Waals surface area contributed by atoms with Crippen LogP contribution >= 0.6 is 22.6 Å². The second-order valence-electron chi connectivity index (χ2n) is 4.61. The van der Waals surface area contributed by atoms with Crippen molar-refractivity contribution in [3.05, 3.63) is 56.9 Å². The van der Waals surface area contributed by atoms with E-state index in [2.05, 4.69) is 28.0 Å². The van der Waals surface area contributed by atoms with E-state index in [0.29, 0.717) is 32.8 Å². The molecule has 2 aromatic rings. The maximum Gasteiger partial charge on any atom is 0.265 e. The van der Waals surface area contributed by atoms with Gasteiger partial charge in [-0.1, -0.05) is 12.1 Å². The van der Waals surface area contributed by atoms with E-state index in [9.17, 15) is 9.18 Å². The molecule has 5 nitrogen and oxygen atoms in total. The first-order valence-electron chi connectivity index (χ1n) is 6.89. The van der Waals surface area contributed by atoms with Gasteiger partial charge in [0, 0.05) is 5.56 Å². The Morgan fingerprint density at radius 2 is 2.09 bits per heavy atom. The van der Waals surface area contributed by atoms with Crippen LogP contribution in [0.3, 0.4) is 0 Å². The molecule has 3 N–H and O–H groups in total. The maximum absolute atomic E-state index is 13.2. The van der Waals surface area contributed by atoms with Gasteiger partial charge in [-0.05, 0) is 59.3 Å². The molecule has 23 heavy (non-hydrogen) atoms. The number of nitrogens with two attached hydrogens (primary N) is 1. The van der Waals surface area contributed by atoms with Crippen molar-refractivity contribution < 1.29 is 18.7 Å². The van der Waals surface area contributed by atoms with Crippen LogP contribution in [0.25, 0.3) is 0 Å². The highest BCUT2D eigenvalue weighted by Gasteiger charge is 2.15. The molecule has 2 rings (SSSR count). The SMILES string of the molecule is CCOc1cc(C(=O)NN)cc(I)c1OCc1cccc(F)c1. The number of hydrogen-bond acceptors (Lipinski definition) is 4. The third kappa shape index (κ3) is 4.55. The van der Waals surface area contributed by atoms with Crippen molar-refractivity contribution in [2.24, 2.45) is 5.84 Å². The topological polar surface area (TPSA) is 73.6 Å². The van der Waals surface area contributed by atoms with Gasteiger partial charge in [-0.2, -0.15) is 0 Å². The highest BCUT2D eigenvalue weighted by Crippen LogP contribution is 2.34. The van der Waals surface area contributed by atoms with E-state index in [1.807, 2.05) is 6.92 Å². The normalized spacial score (nSPS) is 10.3. The zero-order valence-electron chi connectivity index (χ0n) is 12.4. The van der Waals surface area contributed by atoms with Crippen molar-refractivity contribution in [2.45, 2.75) is 13.5 Å². The molecule has 7 heteroatoms. The van der Waals surface area contributed by atoms with Crippen LogP contribution in [0, 0.1) is 9.39 Å². The summed E-state index contributed by atoms with van der Waals surface area (Å²) in [4.78, 5) is 11.7. The van der Waals surface area contributed by atoms with Gasteiger partial charge >= 0.3 is 0 Å². The second-order valence-corrected chi connectivity index (χ2v) is 5.77. The molecule has 0 aromatic heterocycles. The Kier molecular flexibility index (Phi) is 6.17. The van der Waals surface area contributed by atoms with E-state index >= 15 is 0 Å². The number of nitrogens with one attached hydrogen (secondary N) is 1. The summed E-state index contributed by atoms with van der Waals surface area (Å²) in [6, 6.07) is 9.38. The lowest BCUT2D eigenvalue weighted by atomic mass is 10.2. The van der Waals surface area contributed by atoms with Gasteiger partial charge < -0.3 is 9.47 Å². The third-order valence-electron chi connectivity index (χ3n) is 2.97. The summed E-state index contributed by atoms with van der Waals surface area (Å²) < 4.78 is 25.2. The molecule has 0 saturated heterocycles. The molecule has 1 amide bonds. The molecule has 2 aromatic carbocycles. The predicted molar refractivity (Wildman–Crippen MR) is 92.7 cm³/mol. The zero-order valence-corrected chi connectivity index (χ0v) is 14.6. The Hall–Kier alpha value is -1.87. The quantitative estimate of drug-likeness (QED) is 0.320. The smallest absolute Gasteiger partial charge is 0.265 e. The standard InChI is InChI=1S/C16H16FIN2O3/c1-2-22-14-8-11(16(21)20-19)7-13(18)15(14)23-9-10-4-3-5-12(17)6-10/h3-8H,2,9,19H2,1H3,(H,20,21). The lowest BCUT2D eigenvalue weighted by Gasteiger charge is -2.15. The molecular formula is C16H16FIN2O3. The number of ether oxygens (including phenoxy) is 2. The number of carbonyl (C=O) groups is 1.